The summed E-state index contributed by atoms with van der Waals surface area (Å²) in [4.78, 5) is 13.2. The van der Waals surface area contributed by atoms with Gasteiger partial charge in [0.25, 0.3) is 5.91 Å². The van der Waals surface area contributed by atoms with Crippen molar-refractivity contribution < 1.29 is 9.69 Å². The van der Waals surface area contributed by atoms with Gasteiger partial charge in [0.05, 0.1) is 13.6 Å². The van der Waals surface area contributed by atoms with E-state index in [1.54, 1.807) is 0 Å². The fourth-order valence-corrected chi connectivity index (χ4v) is 2.21. The fraction of sp³-hybridized carbons (Fsp3) is 0.278. The summed E-state index contributed by atoms with van der Waals surface area (Å²) in [5.41, 5.74) is 3.37. The number of aryl methyl sites for hydroxylation is 1. The smallest absolute Gasteiger partial charge is 0.279 e. The highest BCUT2D eigenvalue weighted by molar-refractivity contribution is 5.91. The lowest BCUT2D eigenvalue weighted by atomic mass is 10.1. The summed E-state index contributed by atoms with van der Waals surface area (Å²) in [5.74, 6) is 0.0596. The number of carbonyl (C=O) groups is 1. The average Bonchev–Trinajstić information content (AvgIpc) is 2.48. The lowest BCUT2D eigenvalue weighted by molar-refractivity contribution is -0.870. The van der Waals surface area contributed by atoms with Gasteiger partial charge in [-0.05, 0) is 24.6 Å². The normalized spacial score (nSPS) is 11.9. The summed E-state index contributed by atoms with van der Waals surface area (Å²) in [6, 6.07) is 18.3. The molecule has 1 unspecified atom stereocenters. The molecule has 2 aromatic carbocycles. The zero-order valence-electron chi connectivity index (χ0n) is 12.7. The summed E-state index contributed by atoms with van der Waals surface area (Å²) in [6.07, 6.45) is 0.991. The van der Waals surface area contributed by atoms with Gasteiger partial charge in [-0.1, -0.05) is 48.0 Å². The highest BCUT2D eigenvalue weighted by Gasteiger charge is 2.10. The lowest BCUT2D eigenvalue weighted by Gasteiger charge is -2.14. The van der Waals surface area contributed by atoms with Crippen LogP contribution in [0.4, 0.5) is 5.69 Å². The van der Waals surface area contributed by atoms with Gasteiger partial charge in [-0.2, -0.15) is 0 Å². The highest BCUT2D eigenvalue weighted by atomic mass is 16.2. The summed E-state index contributed by atoms with van der Waals surface area (Å²) in [5, 5.41) is 2.94. The van der Waals surface area contributed by atoms with Crippen molar-refractivity contribution in [2.24, 2.45) is 0 Å². The summed E-state index contributed by atoms with van der Waals surface area (Å²) in [7, 11) is 2.05. The number of anilines is 1. The molecule has 0 aromatic heterocycles. The van der Waals surface area contributed by atoms with Crippen molar-refractivity contribution in [1.82, 2.24) is 0 Å². The van der Waals surface area contributed by atoms with Crippen molar-refractivity contribution >= 4 is 11.6 Å². The predicted molar refractivity (Wildman–Crippen MR) is 86.6 cm³/mol. The number of nitrogens with one attached hydrogen (secondary N) is 2. The van der Waals surface area contributed by atoms with E-state index < -0.39 is 0 Å². The largest absolute Gasteiger partial charge is 0.329 e. The standard InChI is InChI=1S/C18H22N2O/c1-15-8-10-17(11-9-15)19-18(21)14-20(2)13-12-16-6-4-3-5-7-16/h3-11H,12-14H2,1-2H3,(H,19,21)/p+1. The van der Waals surface area contributed by atoms with Crippen molar-refractivity contribution in [1.29, 1.82) is 0 Å². The minimum atomic E-state index is 0.0596. The molecule has 3 heteroatoms. The summed E-state index contributed by atoms with van der Waals surface area (Å²) < 4.78 is 0. The van der Waals surface area contributed by atoms with Gasteiger partial charge in [0.2, 0.25) is 0 Å². The molecule has 0 saturated heterocycles. The van der Waals surface area contributed by atoms with E-state index in [1.807, 2.05) is 37.3 Å². The van der Waals surface area contributed by atoms with Crippen LogP contribution in [0, 0.1) is 6.92 Å². The number of amides is 1. The second-order valence-electron chi connectivity index (χ2n) is 5.53. The maximum absolute atomic E-state index is 12.0. The van der Waals surface area contributed by atoms with E-state index in [9.17, 15) is 4.79 Å². The molecule has 3 nitrogen and oxygen atoms in total. The van der Waals surface area contributed by atoms with E-state index >= 15 is 0 Å². The van der Waals surface area contributed by atoms with Gasteiger partial charge in [-0.25, -0.2) is 0 Å². The fourth-order valence-electron chi connectivity index (χ4n) is 2.21. The molecular weight excluding hydrogens is 260 g/mol. The van der Waals surface area contributed by atoms with E-state index in [0.717, 1.165) is 18.7 Å². The van der Waals surface area contributed by atoms with Crippen LogP contribution >= 0.6 is 0 Å². The van der Waals surface area contributed by atoms with Crippen molar-refractivity contribution in [2.45, 2.75) is 13.3 Å². The van der Waals surface area contributed by atoms with Crippen LogP contribution < -0.4 is 10.2 Å². The third-order valence-electron chi connectivity index (χ3n) is 3.48. The molecule has 0 aliphatic heterocycles. The molecule has 1 amide bonds. The van der Waals surface area contributed by atoms with Crippen molar-refractivity contribution in [3.8, 4) is 0 Å². The highest BCUT2D eigenvalue weighted by Crippen LogP contribution is 2.07. The van der Waals surface area contributed by atoms with Crippen molar-refractivity contribution in [3.63, 3.8) is 0 Å². The van der Waals surface area contributed by atoms with Gasteiger partial charge in [0, 0.05) is 12.1 Å². The number of hydrogen-bond acceptors (Lipinski definition) is 1. The van der Waals surface area contributed by atoms with Gasteiger partial charge in [0.1, 0.15) is 0 Å². The third-order valence-corrected chi connectivity index (χ3v) is 3.48. The molecular formula is C18H23N2O+. The zero-order chi connectivity index (χ0) is 15.1. The van der Waals surface area contributed by atoms with Crippen LogP contribution in [-0.2, 0) is 11.2 Å². The Morgan fingerprint density at radius 3 is 2.38 bits per heavy atom. The molecule has 0 spiro atoms. The maximum Gasteiger partial charge on any atom is 0.279 e. The van der Waals surface area contributed by atoms with Crippen LogP contribution in [0.3, 0.4) is 0 Å². The Balaban J connectivity index is 1.75. The zero-order valence-corrected chi connectivity index (χ0v) is 12.7. The van der Waals surface area contributed by atoms with Gasteiger partial charge >= 0.3 is 0 Å². The number of quaternary nitrogens is 1. The van der Waals surface area contributed by atoms with Gasteiger partial charge in [-0.3, -0.25) is 4.79 Å². The van der Waals surface area contributed by atoms with Crippen LogP contribution in [0.2, 0.25) is 0 Å². The number of likely N-dealkylation sites (N-methyl/N-ethyl adjacent to an activating group) is 1. The molecule has 1 atom stereocenters. The molecule has 0 heterocycles. The SMILES string of the molecule is Cc1ccc(NC(=O)C[NH+](C)CCc2ccccc2)cc1. The molecule has 2 N–H and O–H groups in total. The minimum Gasteiger partial charge on any atom is -0.329 e. The average molecular weight is 283 g/mol. The molecule has 0 saturated carbocycles. The maximum atomic E-state index is 12.0. The van der Waals surface area contributed by atoms with Gasteiger partial charge in [-0.15, -0.1) is 0 Å². The van der Waals surface area contributed by atoms with E-state index in [1.165, 1.54) is 16.0 Å². The molecule has 0 aliphatic rings. The van der Waals surface area contributed by atoms with E-state index in [2.05, 4.69) is 36.6 Å². The Labute approximate surface area is 126 Å². The third kappa shape index (κ3) is 5.40. The van der Waals surface area contributed by atoms with Crippen LogP contribution in [0.5, 0.6) is 0 Å². The van der Waals surface area contributed by atoms with Crippen LogP contribution in [0.1, 0.15) is 11.1 Å². The molecule has 110 valence electrons. The molecule has 0 fully saturated rings. The Bertz CT molecular complexity index is 564. The molecule has 2 rings (SSSR count). The van der Waals surface area contributed by atoms with Crippen LogP contribution in [-0.4, -0.2) is 26.0 Å². The Morgan fingerprint density at radius 2 is 1.71 bits per heavy atom. The first-order chi connectivity index (χ1) is 10.1. The van der Waals surface area contributed by atoms with Crippen molar-refractivity contribution in [3.05, 3.63) is 65.7 Å². The molecule has 2 aromatic rings. The first-order valence-corrected chi connectivity index (χ1v) is 7.35. The minimum absolute atomic E-state index is 0.0596. The van der Waals surface area contributed by atoms with Crippen LogP contribution in [0.25, 0.3) is 0 Å². The second-order valence-corrected chi connectivity index (χ2v) is 5.53. The molecule has 0 aliphatic carbocycles. The molecule has 21 heavy (non-hydrogen) atoms. The first kappa shape index (κ1) is 15.3. The molecule has 0 bridgehead atoms. The second kappa shape index (κ2) is 7.60. The van der Waals surface area contributed by atoms with E-state index in [4.69, 9.17) is 0 Å². The Morgan fingerprint density at radius 1 is 1.05 bits per heavy atom. The van der Waals surface area contributed by atoms with Gasteiger partial charge in [0.15, 0.2) is 6.54 Å². The first-order valence-electron chi connectivity index (χ1n) is 7.35. The Kier molecular flexibility index (Phi) is 5.52. The number of rotatable bonds is 6. The topological polar surface area (TPSA) is 33.5 Å². The lowest BCUT2D eigenvalue weighted by Crippen LogP contribution is -3.10. The predicted octanol–water partition coefficient (Wildman–Crippen LogP) is 1.69. The number of benzene rings is 2. The quantitative estimate of drug-likeness (QED) is 0.831. The monoisotopic (exact) mass is 283 g/mol. The summed E-state index contributed by atoms with van der Waals surface area (Å²) in [6.45, 7) is 3.47. The van der Waals surface area contributed by atoms with E-state index in [-0.39, 0.29) is 5.91 Å². The summed E-state index contributed by atoms with van der Waals surface area (Å²) >= 11 is 0. The number of carbonyl (C=O) groups excluding carboxylic acids is 1. The Hall–Kier alpha value is -2.13. The number of hydrogen-bond donors (Lipinski definition) is 2. The van der Waals surface area contributed by atoms with Gasteiger partial charge < -0.3 is 10.2 Å². The molecule has 0 radical (unpaired) electrons. The van der Waals surface area contributed by atoms with E-state index in [0.29, 0.717) is 6.54 Å². The van der Waals surface area contributed by atoms with Crippen molar-refractivity contribution in [2.75, 3.05) is 25.5 Å². The van der Waals surface area contributed by atoms with Crippen LogP contribution in [0.15, 0.2) is 54.6 Å².